The Kier molecular flexibility index (Phi) is 12.0. The maximum Gasteiger partial charge on any atom is 0.264 e. The van der Waals surface area contributed by atoms with Crippen molar-refractivity contribution in [3.05, 3.63) is 124 Å². The standard InChI is InChI=1S/C37H39Cl2N3O5S/c1-2-47-35-20-12-11-19-33(35)42(48(45,46)31-17-7-4-8-18-31)26-36(43)41(25-28-21-22-29(38)24-32(28)39)34(23-27-13-5-3-6-14-27)37(44)40-30-15-9-10-16-30/h3-8,11-14,17-22,24,30,34H,2,9-10,15-16,23,25-26H2,1H3,(H,40,44). The fourth-order valence-corrected chi connectivity index (χ4v) is 7.84. The van der Waals surface area contributed by atoms with E-state index in [0.717, 1.165) is 35.6 Å². The highest BCUT2D eigenvalue weighted by Crippen LogP contribution is 2.33. The van der Waals surface area contributed by atoms with Gasteiger partial charge in [0.25, 0.3) is 10.0 Å². The third-order valence-electron chi connectivity index (χ3n) is 8.37. The van der Waals surface area contributed by atoms with Gasteiger partial charge < -0.3 is 15.0 Å². The Balaban J connectivity index is 1.60. The van der Waals surface area contributed by atoms with Crippen LogP contribution >= 0.6 is 23.2 Å². The second-order valence-electron chi connectivity index (χ2n) is 11.7. The summed E-state index contributed by atoms with van der Waals surface area (Å²) in [6, 6.07) is 28.0. The molecule has 2 amide bonds. The highest BCUT2D eigenvalue weighted by molar-refractivity contribution is 7.92. The molecular formula is C37H39Cl2N3O5S. The van der Waals surface area contributed by atoms with Crippen molar-refractivity contribution in [1.82, 2.24) is 10.2 Å². The molecule has 1 aliphatic carbocycles. The maximum atomic E-state index is 14.8. The number of amides is 2. The zero-order chi connectivity index (χ0) is 34.1. The van der Waals surface area contributed by atoms with Crippen molar-refractivity contribution in [1.29, 1.82) is 0 Å². The number of carbonyl (C=O) groups excluding carboxylic acids is 2. The number of anilines is 1. The van der Waals surface area contributed by atoms with Crippen LogP contribution in [0.15, 0.2) is 108 Å². The summed E-state index contributed by atoms with van der Waals surface area (Å²) in [5.74, 6) is -0.592. The SMILES string of the molecule is CCOc1ccccc1N(CC(=O)N(Cc1ccc(Cl)cc1Cl)C(Cc1ccccc1)C(=O)NC1CCCC1)S(=O)(=O)c1ccccc1. The first-order valence-electron chi connectivity index (χ1n) is 16.0. The molecule has 1 N–H and O–H groups in total. The summed E-state index contributed by atoms with van der Waals surface area (Å²) in [4.78, 5) is 30.4. The van der Waals surface area contributed by atoms with Gasteiger partial charge in [-0.1, -0.05) is 103 Å². The van der Waals surface area contributed by atoms with Crippen LogP contribution in [0.25, 0.3) is 0 Å². The third-order valence-corrected chi connectivity index (χ3v) is 10.7. The molecular weight excluding hydrogens is 669 g/mol. The lowest BCUT2D eigenvalue weighted by Gasteiger charge is -2.34. The minimum absolute atomic E-state index is 0.000119. The van der Waals surface area contributed by atoms with Gasteiger partial charge in [-0.3, -0.25) is 13.9 Å². The maximum absolute atomic E-state index is 14.8. The number of benzene rings is 4. The number of halogens is 2. The Labute approximate surface area is 292 Å². The van der Waals surface area contributed by atoms with Crippen molar-refractivity contribution in [3.8, 4) is 5.75 Å². The van der Waals surface area contributed by atoms with E-state index >= 15 is 0 Å². The Morgan fingerprint density at radius 2 is 1.54 bits per heavy atom. The number of nitrogens with zero attached hydrogens (tertiary/aromatic N) is 2. The molecule has 48 heavy (non-hydrogen) atoms. The van der Waals surface area contributed by atoms with Crippen molar-refractivity contribution >= 4 is 50.7 Å². The molecule has 0 spiro atoms. The Morgan fingerprint density at radius 1 is 0.896 bits per heavy atom. The van der Waals surface area contributed by atoms with Crippen LogP contribution in [0.4, 0.5) is 5.69 Å². The molecule has 1 atom stereocenters. The topological polar surface area (TPSA) is 96.0 Å². The minimum atomic E-state index is -4.27. The van der Waals surface area contributed by atoms with Crippen LogP contribution in [0.5, 0.6) is 5.75 Å². The molecule has 8 nitrogen and oxygen atoms in total. The van der Waals surface area contributed by atoms with E-state index in [2.05, 4.69) is 5.32 Å². The van der Waals surface area contributed by atoms with Crippen LogP contribution in [-0.2, 0) is 32.6 Å². The first-order valence-corrected chi connectivity index (χ1v) is 18.2. The van der Waals surface area contributed by atoms with Crippen LogP contribution in [0.1, 0.15) is 43.7 Å². The molecule has 1 aliphatic rings. The average molecular weight is 709 g/mol. The van der Waals surface area contributed by atoms with E-state index in [9.17, 15) is 18.0 Å². The summed E-state index contributed by atoms with van der Waals surface area (Å²) >= 11 is 12.8. The van der Waals surface area contributed by atoms with Crippen LogP contribution in [0, 0.1) is 0 Å². The molecule has 5 rings (SSSR count). The van der Waals surface area contributed by atoms with Crippen molar-refractivity contribution in [2.75, 3.05) is 17.5 Å². The molecule has 0 saturated heterocycles. The summed E-state index contributed by atoms with van der Waals surface area (Å²) in [7, 11) is -4.27. The number of ether oxygens (including phenoxy) is 1. The van der Waals surface area contributed by atoms with E-state index in [1.807, 2.05) is 30.3 Å². The molecule has 0 aliphatic heterocycles. The molecule has 1 saturated carbocycles. The normalized spacial score (nSPS) is 13.9. The van der Waals surface area contributed by atoms with Gasteiger partial charge in [-0.2, -0.15) is 0 Å². The van der Waals surface area contributed by atoms with Crippen LogP contribution in [0.2, 0.25) is 10.0 Å². The molecule has 11 heteroatoms. The Hall–Kier alpha value is -4.05. The summed E-state index contributed by atoms with van der Waals surface area (Å²) in [6.45, 7) is 1.42. The number of rotatable bonds is 14. The van der Waals surface area contributed by atoms with E-state index < -0.39 is 28.5 Å². The molecule has 0 bridgehead atoms. The quantitative estimate of drug-likeness (QED) is 0.149. The van der Waals surface area contributed by atoms with Crippen molar-refractivity contribution in [2.24, 2.45) is 0 Å². The lowest BCUT2D eigenvalue weighted by molar-refractivity contribution is -0.140. The largest absolute Gasteiger partial charge is 0.492 e. The summed E-state index contributed by atoms with van der Waals surface area (Å²) in [5, 5.41) is 3.92. The van der Waals surface area contributed by atoms with Gasteiger partial charge in [0.05, 0.1) is 17.2 Å². The molecule has 0 aromatic heterocycles. The fourth-order valence-electron chi connectivity index (χ4n) is 5.93. The number of carbonyl (C=O) groups is 2. The van der Waals surface area contributed by atoms with E-state index in [0.29, 0.717) is 21.4 Å². The minimum Gasteiger partial charge on any atom is -0.492 e. The molecule has 252 valence electrons. The first kappa shape index (κ1) is 35.3. The average Bonchev–Trinajstić information content (AvgIpc) is 3.60. The zero-order valence-electron chi connectivity index (χ0n) is 26.7. The highest BCUT2D eigenvalue weighted by atomic mass is 35.5. The Bertz CT molecular complexity index is 1800. The fraction of sp³-hybridized carbons (Fsp3) is 0.297. The van der Waals surface area contributed by atoms with Gasteiger partial charge in [-0.15, -0.1) is 0 Å². The van der Waals surface area contributed by atoms with Crippen molar-refractivity contribution in [3.63, 3.8) is 0 Å². The molecule has 0 radical (unpaired) electrons. The van der Waals surface area contributed by atoms with E-state index in [1.54, 1.807) is 67.6 Å². The van der Waals surface area contributed by atoms with E-state index in [1.165, 1.54) is 17.0 Å². The molecule has 1 fully saturated rings. The molecule has 0 heterocycles. The van der Waals surface area contributed by atoms with Gasteiger partial charge >= 0.3 is 0 Å². The molecule has 4 aromatic rings. The van der Waals surface area contributed by atoms with Crippen LogP contribution < -0.4 is 14.4 Å². The van der Waals surface area contributed by atoms with Crippen molar-refractivity contribution in [2.45, 2.75) is 62.6 Å². The van der Waals surface area contributed by atoms with Gasteiger partial charge in [-0.25, -0.2) is 8.42 Å². The Morgan fingerprint density at radius 3 is 2.21 bits per heavy atom. The smallest absolute Gasteiger partial charge is 0.264 e. The van der Waals surface area contributed by atoms with E-state index in [4.69, 9.17) is 27.9 Å². The molecule has 4 aromatic carbocycles. The lowest BCUT2D eigenvalue weighted by atomic mass is 10.0. The predicted molar refractivity (Wildman–Crippen MR) is 190 cm³/mol. The van der Waals surface area contributed by atoms with E-state index in [-0.39, 0.29) is 42.1 Å². The number of hydrogen-bond donors (Lipinski definition) is 1. The third kappa shape index (κ3) is 8.69. The number of para-hydroxylation sites is 2. The van der Waals surface area contributed by atoms with Gasteiger partial charge in [0.1, 0.15) is 18.3 Å². The summed E-state index contributed by atoms with van der Waals surface area (Å²) in [5.41, 5.74) is 1.61. The predicted octanol–water partition coefficient (Wildman–Crippen LogP) is 7.29. The van der Waals surface area contributed by atoms with Crippen molar-refractivity contribution < 1.29 is 22.7 Å². The lowest BCUT2D eigenvalue weighted by Crippen LogP contribution is -2.54. The number of hydrogen-bond acceptors (Lipinski definition) is 5. The van der Waals surface area contributed by atoms with Gasteiger partial charge in [0.2, 0.25) is 11.8 Å². The zero-order valence-corrected chi connectivity index (χ0v) is 29.1. The van der Waals surface area contributed by atoms with Crippen LogP contribution in [0.3, 0.4) is 0 Å². The molecule has 1 unspecified atom stereocenters. The first-order chi connectivity index (χ1) is 23.2. The highest BCUT2D eigenvalue weighted by Gasteiger charge is 2.36. The summed E-state index contributed by atoms with van der Waals surface area (Å²) in [6.07, 6.45) is 3.96. The summed E-state index contributed by atoms with van der Waals surface area (Å²) < 4.78 is 35.5. The second kappa shape index (κ2) is 16.4. The monoisotopic (exact) mass is 707 g/mol. The van der Waals surface area contributed by atoms with Gasteiger partial charge in [0.15, 0.2) is 0 Å². The van der Waals surface area contributed by atoms with Crippen LogP contribution in [-0.4, -0.2) is 50.4 Å². The second-order valence-corrected chi connectivity index (χ2v) is 14.4. The number of sulfonamides is 1. The van der Waals surface area contributed by atoms with Gasteiger partial charge in [-0.05, 0) is 67.3 Å². The number of nitrogens with one attached hydrogen (secondary N) is 1. The van der Waals surface area contributed by atoms with Gasteiger partial charge in [0, 0.05) is 29.1 Å².